The quantitative estimate of drug-likeness (QED) is 0.389. The van der Waals surface area contributed by atoms with Crippen molar-refractivity contribution in [2.45, 2.75) is 54.4 Å². The fourth-order valence-electron chi connectivity index (χ4n) is 1.46. The van der Waals surface area contributed by atoms with Crippen molar-refractivity contribution >= 4 is 5.69 Å². The second kappa shape index (κ2) is 13.9. The first kappa shape index (κ1) is 24.9. The molecule has 0 N–H and O–H groups in total. The number of rotatable bonds is 5. The Hall–Kier alpha value is -1.06. The molecule has 0 aliphatic rings. The number of nitrogens with zero attached hydrogens (tertiary/aromatic N) is 1. The predicted molar refractivity (Wildman–Crippen MR) is 88.1 cm³/mol. The van der Waals surface area contributed by atoms with Crippen molar-refractivity contribution in [2.24, 2.45) is 5.41 Å². The van der Waals surface area contributed by atoms with E-state index in [0.29, 0.717) is 6.42 Å². The summed E-state index contributed by atoms with van der Waals surface area (Å²) < 4.78 is 0. The normalized spacial score (nSPS) is 9.05. The summed E-state index contributed by atoms with van der Waals surface area (Å²) in [5.41, 5.74) is 1.02. The Morgan fingerprint density at radius 3 is 2.10 bits per heavy atom. The number of nitro groups is 1. The van der Waals surface area contributed by atoms with Crippen LogP contribution in [0.2, 0.25) is 0 Å². The van der Waals surface area contributed by atoms with Crippen LogP contribution in [0.25, 0.3) is 0 Å². The number of nitro benzene ring substituents is 1. The van der Waals surface area contributed by atoms with Gasteiger partial charge in [0.1, 0.15) is 0 Å². The maximum Gasteiger partial charge on any atom is 0.272 e. The van der Waals surface area contributed by atoms with E-state index in [0.717, 1.165) is 12.0 Å². The molecule has 0 saturated carbocycles. The van der Waals surface area contributed by atoms with Gasteiger partial charge in [0.15, 0.2) is 0 Å². The van der Waals surface area contributed by atoms with Gasteiger partial charge in [-0.05, 0) is 18.3 Å². The van der Waals surface area contributed by atoms with E-state index in [2.05, 4.69) is 20.4 Å². The molecule has 4 heteroatoms. The van der Waals surface area contributed by atoms with E-state index >= 15 is 0 Å². The first-order valence-corrected chi connectivity index (χ1v) is 7.32. The molecule has 119 valence electrons. The third-order valence-electron chi connectivity index (χ3n) is 2.78. The van der Waals surface area contributed by atoms with Crippen LogP contribution in [-0.2, 0) is 25.0 Å². The second-order valence-corrected chi connectivity index (χ2v) is 4.58. The van der Waals surface area contributed by atoms with Gasteiger partial charge in [-0.1, -0.05) is 65.8 Å². The zero-order chi connectivity index (χ0) is 16.2. The summed E-state index contributed by atoms with van der Waals surface area (Å²) in [6.07, 6.45) is 3.46. The van der Waals surface area contributed by atoms with Gasteiger partial charge in [0.05, 0.1) is 4.92 Å². The van der Waals surface area contributed by atoms with Gasteiger partial charge in [-0.2, -0.15) is 0 Å². The number of para-hydroxylation sites is 1. The maximum absolute atomic E-state index is 10.8. The fourth-order valence-corrected chi connectivity index (χ4v) is 1.46. The smallest absolute Gasteiger partial charge is 0.258 e. The van der Waals surface area contributed by atoms with Crippen LogP contribution in [0.15, 0.2) is 36.9 Å². The number of hydrogen-bond donors (Lipinski definition) is 0. The summed E-state index contributed by atoms with van der Waals surface area (Å²) in [7, 11) is 0. The van der Waals surface area contributed by atoms with E-state index < -0.39 is 0 Å². The van der Waals surface area contributed by atoms with Gasteiger partial charge in [-0.3, -0.25) is 10.1 Å². The third kappa shape index (κ3) is 10.3. The summed E-state index contributed by atoms with van der Waals surface area (Å²) in [4.78, 5) is 10.5. The summed E-state index contributed by atoms with van der Waals surface area (Å²) in [6.45, 7) is 15.9. The van der Waals surface area contributed by atoms with Crippen molar-refractivity contribution in [1.82, 2.24) is 0 Å². The Morgan fingerprint density at radius 2 is 1.67 bits per heavy atom. The number of benzene rings is 1. The Bertz CT molecular complexity index is 404. The van der Waals surface area contributed by atoms with Crippen LogP contribution in [-0.4, -0.2) is 4.92 Å². The van der Waals surface area contributed by atoms with Gasteiger partial charge < -0.3 is 0 Å². The van der Waals surface area contributed by atoms with Crippen LogP contribution >= 0.6 is 0 Å². The monoisotopic (exact) mass is 330 g/mol. The molecule has 0 bridgehead atoms. The number of aryl methyl sites for hydroxylation is 1. The Morgan fingerprint density at radius 1 is 1.19 bits per heavy atom. The first-order valence-electron chi connectivity index (χ1n) is 7.32. The van der Waals surface area contributed by atoms with E-state index in [1.54, 1.807) is 12.1 Å². The molecule has 0 saturated heterocycles. The minimum Gasteiger partial charge on any atom is -0.258 e. The molecule has 0 amide bonds. The maximum atomic E-state index is 10.8. The van der Waals surface area contributed by atoms with Crippen LogP contribution in [0.4, 0.5) is 5.69 Å². The fraction of sp³-hybridized carbons (Fsp3) is 0.529. The van der Waals surface area contributed by atoms with Crippen molar-refractivity contribution in [3.8, 4) is 0 Å². The number of allylic oxidation sites excluding steroid dienone is 1. The molecular weight excluding hydrogens is 301 g/mol. The van der Waals surface area contributed by atoms with E-state index in [1.807, 2.05) is 45.9 Å². The average Bonchev–Trinajstić information content (AvgIpc) is 2.49. The molecule has 1 aromatic rings. The van der Waals surface area contributed by atoms with E-state index in [1.165, 1.54) is 0 Å². The molecule has 0 atom stereocenters. The Labute approximate surface area is 141 Å². The minimum absolute atomic E-state index is 0. The Balaban J connectivity index is -0.000000595. The zero-order valence-corrected chi connectivity index (χ0v) is 15.6. The van der Waals surface area contributed by atoms with Crippen LogP contribution in [0, 0.1) is 15.5 Å². The molecule has 1 radical (unpaired) electrons. The molecule has 0 aliphatic carbocycles. The van der Waals surface area contributed by atoms with Gasteiger partial charge in [0.25, 0.3) is 5.69 Å². The van der Waals surface area contributed by atoms with Crippen molar-refractivity contribution < 1.29 is 23.5 Å². The molecule has 0 heterocycles. The van der Waals surface area contributed by atoms with Crippen LogP contribution < -0.4 is 0 Å². The van der Waals surface area contributed by atoms with Crippen LogP contribution in [0.3, 0.4) is 0 Å². The molecule has 1 rings (SSSR count). The van der Waals surface area contributed by atoms with Gasteiger partial charge in [-0.25, -0.2) is 0 Å². The van der Waals surface area contributed by atoms with Crippen molar-refractivity contribution in [2.75, 3.05) is 0 Å². The summed E-state index contributed by atoms with van der Waals surface area (Å²) in [5, 5.41) is 10.8. The molecule has 0 unspecified atom stereocenters. The van der Waals surface area contributed by atoms with Gasteiger partial charge >= 0.3 is 0 Å². The molecule has 1 aromatic carbocycles. The minimum atomic E-state index is -0.323. The van der Waals surface area contributed by atoms with Crippen molar-refractivity contribution in [1.29, 1.82) is 0 Å². The molecule has 3 nitrogen and oxygen atoms in total. The molecule has 0 fully saturated rings. The predicted octanol–water partition coefficient (Wildman–Crippen LogP) is 5.79. The van der Waals surface area contributed by atoms with E-state index in [-0.39, 0.29) is 34.6 Å². The topological polar surface area (TPSA) is 43.1 Å². The molecule has 21 heavy (non-hydrogen) atoms. The molecule has 0 aliphatic heterocycles. The van der Waals surface area contributed by atoms with Crippen LogP contribution in [0.5, 0.6) is 0 Å². The van der Waals surface area contributed by atoms with Crippen molar-refractivity contribution in [3.63, 3.8) is 0 Å². The molecular formula is C17H29NO2V. The summed E-state index contributed by atoms with van der Waals surface area (Å²) in [5.74, 6) is 0. The summed E-state index contributed by atoms with van der Waals surface area (Å²) in [6, 6.07) is 6.90. The SMILES string of the molecule is C=CC(C)(C)CCc1ccccc1[N+](=O)[O-].CC.CC.[V]. The van der Waals surface area contributed by atoms with Crippen LogP contribution in [0.1, 0.15) is 53.5 Å². The molecule has 0 aromatic heterocycles. The largest absolute Gasteiger partial charge is 0.272 e. The van der Waals surface area contributed by atoms with Gasteiger partial charge in [-0.15, -0.1) is 6.58 Å². The standard InChI is InChI=1S/C13H17NO2.2C2H6.V/c1-4-13(2,3)10-9-11-7-5-6-8-12(11)14(15)16;2*1-2;/h4-8H,1,9-10H2,2-3H3;2*1-2H3;. The van der Waals surface area contributed by atoms with E-state index in [4.69, 9.17) is 0 Å². The Kier molecular flexibility index (Phi) is 16.5. The second-order valence-electron chi connectivity index (χ2n) is 4.58. The summed E-state index contributed by atoms with van der Waals surface area (Å²) >= 11 is 0. The first-order chi connectivity index (χ1) is 9.46. The van der Waals surface area contributed by atoms with E-state index in [9.17, 15) is 10.1 Å². The zero-order valence-electron chi connectivity index (χ0n) is 14.2. The molecule has 0 spiro atoms. The average molecular weight is 330 g/mol. The van der Waals surface area contributed by atoms with Crippen molar-refractivity contribution in [3.05, 3.63) is 52.6 Å². The number of hydrogen-bond acceptors (Lipinski definition) is 2. The van der Waals surface area contributed by atoms with Gasteiger partial charge in [0.2, 0.25) is 0 Å². The van der Waals surface area contributed by atoms with Gasteiger partial charge in [0, 0.05) is 30.2 Å². The third-order valence-corrected chi connectivity index (χ3v) is 2.78.